The smallest absolute Gasteiger partial charge is 0.331 e. The van der Waals surface area contributed by atoms with Gasteiger partial charge in [0.2, 0.25) is 0 Å². The maximum Gasteiger partial charge on any atom is 0.331 e. The van der Waals surface area contributed by atoms with Crippen LogP contribution in [0, 0.1) is 5.92 Å². The summed E-state index contributed by atoms with van der Waals surface area (Å²) in [5, 5.41) is 14.4. The average molecular weight is 564 g/mol. The number of thiazole rings is 1. The van der Waals surface area contributed by atoms with Crippen molar-refractivity contribution in [3.8, 4) is 17.0 Å². The van der Waals surface area contributed by atoms with E-state index in [1.807, 2.05) is 23.6 Å². The molecular weight excluding hydrogens is 535 g/mol. The summed E-state index contributed by atoms with van der Waals surface area (Å²) in [7, 11) is 1.61. The fraction of sp³-hybridized carbons (Fsp3) is 0.296. The highest BCUT2D eigenvalue weighted by Gasteiger charge is 2.17. The molecule has 7 nitrogen and oxygen atoms in total. The molecule has 0 radical (unpaired) electrons. The van der Waals surface area contributed by atoms with E-state index >= 15 is 0 Å². The van der Waals surface area contributed by atoms with Crippen LogP contribution in [0.2, 0.25) is 10.0 Å². The average Bonchev–Trinajstić information content (AvgIpc) is 3.31. The SMILES string of the molecule is COc1c(COCCC(C)C)cccc1-c1csc(NC(=O)c2cc(Cl)c(C=C(C)C(=O)O)c(Cl)c2)n1. The molecular formula is C27H28Cl2N2O5S. The predicted molar refractivity (Wildman–Crippen MR) is 149 cm³/mol. The monoisotopic (exact) mass is 562 g/mol. The standard InChI is InChI=1S/C27H28Cl2N2O5S/c1-15(2)8-9-36-13-17-6-5-7-19(24(17)35-4)23-14-37-27(30-23)31-25(32)18-11-21(28)20(22(29)12-18)10-16(3)26(33)34/h5-7,10-12,14-15H,8-9,13H2,1-4H3,(H,33,34)(H,30,31,32). The number of carboxylic acid groups (broad SMARTS) is 1. The van der Waals surface area contributed by atoms with E-state index < -0.39 is 11.9 Å². The maximum atomic E-state index is 12.9. The molecule has 0 unspecified atom stereocenters. The Morgan fingerprint density at radius 1 is 1.22 bits per heavy atom. The third kappa shape index (κ3) is 7.55. The van der Waals surface area contributed by atoms with Crippen molar-refractivity contribution in [1.29, 1.82) is 0 Å². The van der Waals surface area contributed by atoms with Gasteiger partial charge in [-0.05, 0) is 43.5 Å². The molecule has 0 atom stereocenters. The second-order valence-electron chi connectivity index (χ2n) is 8.71. The van der Waals surface area contributed by atoms with Crippen LogP contribution in [-0.2, 0) is 16.1 Å². The lowest BCUT2D eigenvalue weighted by atomic mass is 10.1. The third-order valence-electron chi connectivity index (χ3n) is 5.44. The van der Waals surface area contributed by atoms with Crippen molar-refractivity contribution in [3.63, 3.8) is 0 Å². The van der Waals surface area contributed by atoms with Crippen LogP contribution in [0.1, 0.15) is 48.7 Å². The number of rotatable bonds is 11. The van der Waals surface area contributed by atoms with E-state index in [0.717, 1.165) is 17.5 Å². The van der Waals surface area contributed by atoms with E-state index in [1.54, 1.807) is 7.11 Å². The molecule has 0 aliphatic carbocycles. The molecule has 2 N–H and O–H groups in total. The van der Waals surface area contributed by atoms with E-state index in [0.29, 0.717) is 41.3 Å². The number of aliphatic carboxylic acids is 1. The number of anilines is 1. The highest BCUT2D eigenvalue weighted by Crippen LogP contribution is 2.35. The minimum Gasteiger partial charge on any atom is -0.496 e. The molecule has 3 rings (SSSR count). The van der Waals surface area contributed by atoms with Crippen LogP contribution >= 0.6 is 34.5 Å². The van der Waals surface area contributed by atoms with Crippen LogP contribution < -0.4 is 10.1 Å². The summed E-state index contributed by atoms with van der Waals surface area (Å²) >= 11 is 13.8. The second kappa shape index (κ2) is 13.1. The lowest BCUT2D eigenvalue weighted by Gasteiger charge is -2.13. The zero-order valence-electron chi connectivity index (χ0n) is 20.9. The zero-order valence-corrected chi connectivity index (χ0v) is 23.3. The zero-order chi connectivity index (χ0) is 27.1. The van der Waals surface area contributed by atoms with Crippen LogP contribution in [0.3, 0.4) is 0 Å². The third-order valence-corrected chi connectivity index (χ3v) is 6.82. The topological polar surface area (TPSA) is 97.8 Å². The fourth-order valence-electron chi connectivity index (χ4n) is 3.40. The highest BCUT2D eigenvalue weighted by atomic mass is 35.5. The predicted octanol–water partition coefficient (Wildman–Crippen LogP) is 7.43. The Labute approximate surface area is 230 Å². The van der Waals surface area contributed by atoms with Crippen LogP contribution in [0.5, 0.6) is 5.75 Å². The van der Waals surface area contributed by atoms with Gasteiger partial charge in [0.15, 0.2) is 5.13 Å². The molecule has 0 spiro atoms. The first-order valence-electron chi connectivity index (χ1n) is 11.5. The maximum absolute atomic E-state index is 12.9. The number of para-hydroxylation sites is 1. The molecule has 0 aliphatic rings. The van der Waals surface area contributed by atoms with Gasteiger partial charge in [0.05, 0.1) is 29.5 Å². The first-order valence-corrected chi connectivity index (χ1v) is 13.2. The molecule has 0 bridgehead atoms. The highest BCUT2D eigenvalue weighted by molar-refractivity contribution is 7.14. The number of carbonyl (C=O) groups is 2. The van der Waals surface area contributed by atoms with Crippen molar-refractivity contribution >= 4 is 57.6 Å². The number of benzene rings is 2. The van der Waals surface area contributed by atoms with Gasteiger partial charge in [0.1, 0.15) is 5.75 Å². The van der Waals surface area contributed by atoms with Gasteiger partial charge in [0.25, 0.3) is 5.91 Å². The Balaban J connectivity index is 1.77. The van der Waals surface area contributed by atoms with Crippen molar-refractivity contribution < 1.29 is 24.2 Å². The summed E-state index contributed by atoms with van der Waals surface area (Å²) in [6.07, 6.45) is 2.34. The first kappa shape index (κ1) is 28.7. The first-order chi connectivity index (χ1) is 17.6. The van der Waals surface area contributed by atoms with Crippen LogP contribution in [0.25, 0.3) is 17.3 Å². The van der Waals surface area contributed by atoms with Gasteiger partial charge >= 0.3 is 5.97 Å². The Morgan fingerprint density at radius 3 is 2.54 bits per heavy atom. The number of nitrogens with one attached hydrogen (secondary N) is 1. The summed E-state index contributed by atoms with van der Waals surface area (Å²) in [6, 6.07) is 8.65. The van der Waals surface area contributed by atoms with Gasteiger partial charge in [0, 0.05) is 39.8 Å². The quantitative estimate of drug-likeness (QED) is 0.186. The summed E-state index contributed by atoms with van der Waals surface area (Å²) < 4.78 is 11.5. The number of halogens is 2. The van der Waals surface area contributed by atoms with Crippen molar-refractivity contribution in [1.82, 2.24) is 4.98 Å². The molecule has 10 heteroatoms. The molecule has 2 aromatic carbocycles. The Bertz CT molecular complexity index is 1300. The van der Waals surface area contributed by atoms with Gasteiger partial charge in [-0.15, -0.1) is 11.3 Å². The summed E-state index contributed by atoms with van der Waals surface area (Å²) in [6.45, 7) is 6.84. The molecule has 0 saturated heterocycles. The lowest BCUT2D eigenvalue weighted by Crippen LogP contribution is -2.12. The molecule has 37 heavy (non-hydrogen) atoms. The number of carbonyl (C=O) groups excluding carboxylic acids is 1. The Hall–Kier alpha value is -2.91. The largest absolute Gasteiger partial charge is 0.496 e. The number of nitrogens with zero attached hydrogens (tertiary/aromatic N) is 1. The number of amides is 1. The minimum absolute atomic E-state index is 0.0675. The van der Waals surface area contributed by atoms with E-state index in [-0.39, 0.29) is 21.2 Å². The number of hydrogen-bond acceptors (Lipinski definition) is 6. The number of ether oxygens (including phenoxy) is 2. The van der Waals surface area contributed by atoms with Crippen molar-refractivity contribution in [2.24, 2.45) is 5.92 Å². The van der Waals surface area contributed by atoms with Gasteiger partial charge in [-0.3, -0.25) is 10.1 Å². The van der Waals surface area contributed by atoms with E-state index in [4.69, 9.17) is 37.8 Å². The Morgan fingerprint density at radius 2 is 1.92 bits per heavy atom. The number of aromatic nitrogens is 1. The van der Waals surface area contributed by atoms with Crippen LogP contribution in [0.15, 0.2) is 41.3 Å². The van der Waals surface area contributed by atoms with Crippen LogP contribution in [-0.4, -0.2) is 35.7 Å². The van der Waals surface area contributed by atoms with Gasteiger partial charge in [-0.2, -0.15) is 0 Å². The second-order valence-corrected chi connectivity index (χ2v) is 10.4. The molecule has 1 amide bonds. The number of carboxylic acids is 1. The molecule has 3 aromatic rings. The van der Waals surface area contributed by atoms with Gasteiger partial charge < -0.3 is 14.6 Å². The van der Waals surface area contributed by atoms with Crippen molar-refractivity contribution in [2.45, 2.75) is 33.8 Å². The van der Waals surface area contributed by atoms with E-state index in [1.165, 1.54) is 36.5 Å². The number of hydrogen-bond donors (Lipinski definition) is 2. The molecule has 0 fully saturated rings. The van der Waals surface area contributed by atoms with Crippen molar-refractivity contribution in [2.75, 3.05) is 19.0 Å². The minimum atomic E-state index is -1.09. The summed E-state index contributed by atoms with van der Waals surface area (Å²) in [5.74, 6) is -0.294. The molecule has 1 heterocycles. The lowest BCUT2D eigenvalue weighted by molar-refractivity contribution is -0.132. The van der Waals surface area contributed by atoms with Crippen molar-refractivity contribution in [3.05, 3.63) is 68.0 Å². The van der Waals surface area contributed by atoms with Gasteiger partial charge in [-0.1, -0.05) is 49.2 Å². The molecule has 0 aliphatic heterocycles. The van der Waals surface area contributed by atoms with E-state index in [2.05, 4.69) is 24.1 Å². The Kier molecular flexibility index (Phi) is 10.1. The summed E-state index contributed by atoms with van der Waals surface area (Å²) in [4.78, 5) is 28.5. The van der Waals surface area contributed by atoms with Gasteiger partial charge in [-0.25, -0.2) is 9.78 Å². The summed E-state index contributed by atoms with van der Waals surface area (Å²) in [5.41, 5.74) is 2.98. The van der Waals surface area contributed by atoms with Crippen LogP contribution in [0.4, 0.5) is 5.13 Å². The fourth-order valence-corrected chi connectivity index (χ4v) is 4.70. The molecule has 196 valence electrons. The normalized spacial score (nSPS) is 11.6. The molecule has 0 saturated carbocycles. The van der Waals surface area contributed by atoms with E-state index in [9.17, 15) is 9.59 Å². The molecule has 1 aromatic heterocycles. The number of methoxy groups -OCH3 is 1.